The summed E-state index contributed by atoms with van der Waals surface area (Å²) in [5, 5.41) is 18.8. The number of unbranched alkanes of at least 4 members (excludes halogenated alkanes) is 1. The highest BCUT2D eigenvalue weighted by atomic mass is 16.5. The van der Waals surface area contributed by atoms with Crippen LogP contribution in [0.4, 0.5) is 0 Å². The molecule has 5 aromatic carbocycles. The quantitative estimate of drug-likeness (QED) is 0.0628. The molecule has 0 saturated heterocycles. The van der Waals surface area contributed by atoms with Gasteiger partial charge in [-0.1, -0.05) is 92.4 Å². The molecule has 1 heterocycles. The van der Waals surface area contributed by atoms with Crippen LogP contribution in [0.1, 0.15) is 90.2 Å². The van der Waals surface area contributed by atoms with Gasteiger partial charge in [-0.15, -0.1) is 0 Å². The van der Waals surface area contributed by atoms with Gasteiger partial charge in [0.2, 0.25) is 0 Å². The van der Waals surface area contributed by atoms with E-state index in [1.54, 1.807) is 0 Å². The van der Waals surface area contributed by atoms with Crippen molar-refractivity contribution in [3.05, 3.63) is 124 Å². The number of fused-ring (bicyclic) bond motifs is 5. The lowest BCUT2D eigenvalue weighted by atomic mass is 9.89. The van der Waals surface area contributed by atoms with Crippen LogP contribution in [0.25, 0.3) is 32.6 Å². The van der Waals surface area contributed by atoms with E-state index in [1.807, 2.05) is 43.3 Å². The number of carbonyl (C=O) groups excluding carboxylic acids is 1. The maximum Gasteiger partial charge on any atom is 0.196 e. The third-order valence-electron chi connectivity index (χ3n) is 9.81. The van der Waals surface area contributed by atoms with E-state index < -0.39 is 0 Å². The van der Waals surface area contributed by atoms with Gasteiger partial charge < -0.3 is 14.5 Å². The van der Waals surface area contributed by atoms with Crippen molar-refractivity contribution in [2.75, 3.05) is 6.61 Å². The summed E-state index contributed by atoms with van der Waals surface area (Å²) >= 11 is 0. The van der Waals surface area contributed by atoms with E-state index in [2.05, 4.69) is 92.9 Å². The van der Waals surface area contributed by atoms with E-state index >= 15 is 0 Å². The van der Waals surface area contributed by atoms with E-state index in [9.17, 15) is 10.0 Å². The monoisotopic (exact) mass is 638 g/mol. The zero-order valence-corrected chi connectivity index (χ0v) is 29.1. The Hall–Kier alpha value is -4.90. The average molecular weight is 639 g/mol. The number of para-hydroxylation sites is 1. The Balaban J connectivity index is 1.66. The van der Waals surface area contributed by atoms with Crippen molar-refractivity contribution in [2.45, 2.75) is 73.8 Å². The molecule has 0 spiro atoms. The third-order valence-corrected chi connectivity index (χ3v) is 9.81. The first-order chi connectivity index (χ1) is 23.3. The standard InChI is InChI=1S/C43H46N2O3/c1-7-10-15-30(8-2)26-45-38-21-20-31(43(46)34-18-13-14-19-39(34)48-9-3)24-35(38)37-25-36(32-16-11-12-17-33(32)42(37)45)41(44-47)40-28(5)22-27(4)23-29(40)6/h11-14,16-25,30,47H,7-10,15,26H2,1-6H3. The van der Waals surface area contributed by atoms with Gasteiger partial charge in [-0.2, -0.15) is 0 Å². The minimum absolute atomic E-state index is 0.0687. The van der Waals surface area contributed by atoms with Gasteiger partial charge in [-0.3, -0.25) is 4.79 Å². The summed E-state index contributed by atoms with van der Waals surface area (Å²) in [4.78, 5) is 14.1. The third kappa shape index (κ3) is 5.98. The van der Waals surface area contributed by atoms with E-state index in [4.69, 9.17) is 4.74 Å². The summed E-state index contributed by atoms with van der Waals surface area (Å²) < 4.78 is 8.31. The Bertz CT molecular complexity index is 2150. The first-order valence-corrected chi connectivity index (χ1v) is 17.4. The van der Waals surface area contributed by atoms with Crippen LogP contribution < -0.4 is 4.74 Å². The van der Waals surface area contributed by atoms with Crippen molar-refractivity contribution in [3.8, 4) is 5.75 Å². The molecule has 1 aromatic heterocycles. The van der Waals surface area contributed by atoms with Crippen molar-refractivity contribution in [1.29, 1.82) is 0 Å². The highest BCUT2D eigenvalue weighted by Crippen LogP contribution is 2.39. The van der Waals surface area contributed by atoms with Gasteiger partial charge in [-0.25, -0.2) is 0 Å². The number of aromatic nitrogens is 1. The van der Waals surface area contributed by atoms with Gasteiger partial charge in [0.15, 0.2) is 5.78 Å². The summed E-state index contributed by atoms with van der Waals surface area (Å²) in [5.41, 5.74) is 9.07. The second-order valence-corrected chi connectivity index (χ2v) is 13.1. The number of oxime groups is 1. The number of benzene rings is 5. The number of ether oxygens (including phenoxy) is 1. The molecule has 1 unspecified atom stereocenters. The fraction of sp³-hybridized carbons (Fsp3) is 0.302. The molecule has 6 rings (SSSR count). The number of nitrogens with zero attached hydrogens (tertiary/aromatic N) is 2. The van der Waals surface area contributed by atoms with E-state index in [0.29, 0.717) is 35.1 Å². The summed E-state index contributed by atoms with van der Waals surface area (Å²) in [5.74, 6) is 1.05. The molecule has 0 radical (unpaired) electrons. The number of ketones is 1. The largest absolute Gasteiger partial charge is 0.493 e. The minimum atomic E-state index is -0.0687. The minimum Gasteiger partial charge on any atom is -0.493 e. The predicted octanol–water partition coefficient (Wildman–Crippen LogP) is 10.9. The van der Waals surface area contributed by atoms with Crippen molar-refractivity contribution in [1.82, 2.24) is 4.57 Å². The lowest BCUT2D eigenvalue weighted by molar-refractivity contribution is 0.103. The topological polar surface area (TPSA) is 63.8 Å². The maximum atomic E-state index is 14.1. The molecule has 0 fully saturated rings. The van der Waals surface area contributed by atoms with Crippen LogP contribution in [0.15, 0.2) is 90.1 Å². The zero-order chi connectivity index (χ0) is 33.9. The van der Waals surface area contributed by atoms with E-state index in [-0.39, 0.29) is 5.78 Å². The van der Waals surface area contributed by atoms with Gasteiger partial charge in [0.25, 0.3) is 0 Å². The Labute approximate surface area is 283 Å². The molecule has 6 aromatic rings. The van der Waals surface area contributed by atoms with Crippen molar-refractivity contribution in [3.63, 3.8) is 0 Å². The summed E-state index contributed by atoms with van der Waals surface area (Å²) in [6.45, 7) is 14.1. The average Bonchev–Trinajstić information content (AvgIpc) is 3.40. The van der Waals surface area contributed by atoms with Gasteiger partial charge in [-0.05, 0) is 92.9 Å². The SMILES string of the molecule is CCCCC(CC)Cn1c2ccc(C(=O)c3ccccc3OCC)cc2c2cc(C(=NO)c3c(C)cc(C)cc3C)c3ccccc3c21. The Kier molecular flexibility index (Phi) is 9.68. The number of aryl methyl sites for hydroxylation is 3. The first-order valence-electron chi connectivity index (χ1n) is 17.4. The van der Waals surface area contributed by atoms with Gasteiger partial charge in [0.1, 0.15) is 11.5 Å². The van der Waals surface area contributed by atoms with Crippen LogP contribution in [-0.2, 0) is 6.54 Å². The lowest BCUT2D eigenvalue weighted by Crippen LogP contribution is -2.11. The second kappa shape index (κ2) is 14.1. The maximum absolute atomic E-state index is 14.1. The predicted molar refractivity (Wildman–Crippen MR) is 199 cm³/mol. The normalized spacial score (nSPS) is 12.7. The molecule has 1 atom stereocenters. The molecule has 1 N–H and O–H groups in total. The summed E-state index contributed by atoms with van der Waals surface area (Å²) in [6, 6.07) is 28.5. The molecule has 0 saturated carbocycles. The molecule has 0 aliphatic carbocycles. The second-order valence-electron chi connectivity index (χ2n) is 13.1. The molecule has 5 nitrogen and oxygen atoms in total. The molecule has 0 bridgehead atoms. The Morgan fingerprint density at radius 2 is 1.52 bits per heavy atom. The van der Waals surface area contributed by atoms with Gasteiger partial charge >= 0.3 is 0 Å². The van der Waals surface area contributed by atoms with Crippen molar-refractivity contribution < 1.29 is 14.7 Å². The van der Waals surface area contributed by atoms with E-state index in [1.165, 1.54) is 24.8 Å². The number of rotatable bonds is 12. The van der Waals surface area contributed by atoms with Gasteiger partial charge in [0, 0.05) is 44.9 Å². The van der Waals surface area contributed by atoms with E-state index in [0.717, 1.165) is 67.8 Å². The molecule has 0 aliphatic rings. The molecule has 48 heavy (non-hydrogen) atoms. The van der Waals surface area contributed by atoms with Crippen LogP contribution in [0, 0.1) is 26.7 Å². The lowest BCUT2D eigenvalue weighted by Gasteiger charge is -2.19. The van der Waals surface area contributed by atoms with Crippen molar-refractivity contribution in [2.24, 2.45) is 11.1 Å². The number of carbonyl (C=O) groups is 1. The van der Waals surface area contributed by atoms with Crippen LogP contribution in [-0.4, -0.2) is 27.9 Å². The summed E-state index contributed by atoms with van der Waals surface area (Å²) in [6.07, 6.45) is 4.63. The molecular formula is C43H46N2O3. The number of hydrogen-bond acceptors (Lipinski definition) is 4. The zero-order valence-electron chi connectivity index (χ0n) is 29.1. The van der Waals surface area contributed by atoms with Crippen LogP contribution >= 0.6 is 0 Å². The number of hydrogen-bond donors (Lipinski definition) is 1. The Morgan fingerprint density at radius 3 is 2.21 bits per heavy atom. The van der Waals surface area contributed by atoms with Crippen molar-refractivity contribution >= 4 is 44.1 Å². The molecule has 246 valence electrons. The highest BCUT2D eigenvalue weighted by Gasteiger charge is 2.24. The molecular weight excluding hydrogens is 592 g/mol. The molecule has 5 heteroatoms. The summed E-state index contributed by atoms with van der Waals surface area (Å²) in [7, 11) is 0. The highest BCUT2D eigenvalue weighted by molar-refractivity contribution is 6.28. The Morgan fingerprint density at radius 1 is 0.812 bits per heavy atom. The fourth-order valence-corrected chi connectivity index (χ4v) is 7.55. The fourth-order valence-electron chi connectivity index (χ4n) is 7.55. The molecule has 0 aliphatic heterocycles. The van der Waals surface area contributed by atoms with Gasteiger partial charge in [0.05, 0.1) is 17.7 Å². The first kappa shape index (κ1) is 33.0. The van der Waals surface area contributed by atoms with Crippen LogP contribution in [0.3, 0.4) is 0 Å². The van der Waals surface area contributed by atoms with Crippen LogP contribution in [0.2, 0.25) is 0 Å². The molecule has 0 amide bonds. The smallest absolute Gasteiger partial charge is 0.196 e. The van der Waals surface area contributed by atoms with Crippen LogP contribution in [0.5, 0.6) is 5.75 Å².